The average molecular weight is 347 g/mol. The third kappa shape index (κ3) is 5.21. The molecule has 1 N–H and O–H groups in total. The molecule has 142 valence electrons. The van der Waals surface area contributed by atoms with Crippen molar-refractivity contribution in [2.45, 2.75) is 65.5 Å². The Kier molecular flexibility index (Phi) is 6.93. The molecule has 3 heteroatoms. The van der Waals surface area contributed by atoms with E-state index in [-0.39, 0.29) is 5.60 Å². The molecule has 0 aliphatic carbocycles. The maximum absolute atomic E-state index is 6.10. The number of rotatable bonds is 8. The monoisotopic (exact) mass is 346 g/mol. The van der Waals surface area contributed by atoms with Gasteiger partial charge in [-0.05, 0) is 68.2 Å². The Morgan fingerprint density at radius 3 is 2.44 bits per heavy atom. The van der Waals surface area contributed by atoms with E-state index in [4.69, 9.17) is 4.74 Å². The molecule has 2 rings (SSSR count). The highest BCUT2D eigenvalue weighted by Gasteiger charge is 2.43. The van der Waals surface area contributed by atoms with Crippen molar-refractivity contribution in [1.29, 1.82) is 0 Å². The number of nitrogens with zero attached hydrogens (tertiary/aromatic N) is 1. The van der Waals surface area contributed by atoms with Crippen molar-refractivity contribution >= 4 is 5.69 Å². The second-order valence-electron chi connectivity index (χ2n) is 8.58. The van der Waals surface area contributed by atoms with Gasteiger partial charge in [-0.25, -0.2) is 0 Å². The molecular formula is C22H38N2O. The fraction of sp³-hybridized carbons (Fsp3) is 0.727. The first-order valence-electron chi connectivity index (χ1n) is 9.91. The van der Waals surface area contributed by atoms with Crippen molar-refractivity contribution in [2.75, 3.05) is 32.1 Å². The second-order valence-corrected chi connectivity index (χ2v) is 8.58. The van der Waals surface area contributed by atoms with Gasteiger partial charge in [0.15, 0.2) is 0 Å². The minimum Gasteiger partial charge on any atom is -0.378 e. The molecule has 0 aromatic heterocycles. The summed E-state index contributed by atoms with van der Waals surface area (Å²) in [6.07, 6.45) is 4.72. The van der Waals surface area contributed by atoms with Gasteiger partial charge in [0, 0.05) is 32.9 Å². The van der Waals surface area contributed by atoms with Gasteiger partial charge in [-0.15, -0.1) is 0 Å². The Labute approximate surface area is 155 Å². The summed E-state index contributed by atoms with van der Waals surface area (Å²) in [5, 5.41) is 3.67. The minimum absolute atomic E-state index is 0.0600. The molecular weight excluding hydrogens is 308 g/mol. The summed E-state index contributed by atoms with van der Waals surface area (Å²) < 4.78 is 6.10. The van der Waals surface area contributed by atoms with E-state index in [2.05, 4.69) is 76.3 Å². The van der Waals surface area contributed by atoms with Gasteiger partial charge in [0.2, 0.25) is 0 Å². The van der Waals surface area contributed by atoms with Gasteiger partial charge < -0.3 is 15.0 Å². The molecule has 1 aromatic carbocycles. The largest absolute Gasteiger partial charge is 0.378 e. The molecule has 0 amide bonds. The summed E-state index contributed by atoms with van der Waals surface area (Å²) in [4.78, 5) is 2.14. The van der Waals surface area contributed by atoms with E-state index in [0.29, 0.717) is 11.3 Å². The lowest BCUT2D eigenvalue weighted by Crippen LogP contribution is -2.46. The Morgan fingerprint density at radius 1 is 1.20 bits per heavy atom. The zero-order valence-corrected chi connectivity index (χ0v) is 17.2. The van der Waals surface area contributed by atoms with E-state index < -0.39 is 0 Å². The second kappa shape index (κ2) is 8.55. The van der Waals surface area contributed by atoms with Crippen LogP contribution in [-0.4, -0.2) is 32.8 Å². The molecule has 0 saturated carbocycles. The highest BCUT2D eigenvalue weighted by Crippen LogP contribution is 2.47. The molecule has 0 unspecified atom stereocenters. The van der Waals surface area contributed by atoms with E-state index in [0.717, 1.165) is 26.1 Å². The van der Waals surface area contributed by atoms with Crippen LogP contribution in [0.25, 0.3) is 0 Å². The predicted octanol–water partition coefficient (Wildman–Crippen LogP) is 4.85. The van der Waals surface area contributed by atoms with Crippen molar-refractivity contribution < 1.29 is 4.74 Å². The van der Waals surface area contributed by atoms with E-state index >= 15 is 0 Å². The quantitative estimate of drug-likeness (QED) is 0.681. The van der Waals surface area contributed by atoms with Crippen molar-refractivity contribution in [3.8, 4) is 0 Å². The van der Waals surface area contributed by atoms with Gasteiger partial charge in [-0.1, -0.05) is 32.9 Å². The Hall–Kier alpha value is -1.06. The SMILES string of the molecule is CC[C@@]1(C)C[C@](CCNCc2ccc(N(C)C)cc2)(C(C)C)CCO1. The molecule has 0 spiro atoms. The third-order valence-electron chi connectivity index (χ3n) is 6.33. The van der Waals surface area contributed by atoms with Gasteiger partial charge in [0.05, 0.1) is 5.60 Å². The van der Waals surface area contributed by atoms with Gasteiger partial charge in [-0.3, -0.25) is 0 Å². The van der Waals surface area contributed by atoms with Crippen LogP contribution in [0, 0.1) is 11.3 Å². The van der Waals surface area contributed by atoms with E-state index in [1.807, 2.05) is 0 Å². The first-order chi connectivity index (χ1) is 11.8. The lowest BCUT2D eigenvalue weighted by Gasteiger charge is -2.49. The average Bonchev–Trinajstić information content (AvgIpc) is 2.59. The van der Waals surface area contributed by atoms with Crippen molar-refractivity contribution in [1.82, 2.24) is 5.32 Å². The topological polar surface area (TPSA) is 24.5 Å². The number of hydrogen-bond acceptors (Lipinski definition) is 3. The molecule has 1 aliphatic heterocycles. The smallest absolute Gasteiger partial charge is 0.0657 e. The van der Waals surface area contributed by atoms with Crippen molar-refractivity contribution in [2.24, 2.45) is 11.3 Å². The molecule has 1 aliphatic rings. The summed E-state index contributed by atoms with van der Waals surface area (Å²) >= 11 is 0. The number of hydrogen-bond donors (Lipinski definition) is 1. The van der Waals surface area contributed by atoms with Crippen LogP contribution in [0.5, 0.6) is 0 Å². The maximum atomic E-state index is 6.10. The van der Waals surface area contributed by atoms with Crippen LogP contribution in [0.3, 0.4) is 0 Å². The first kappa shape index (κ1) is 20.3. The summed E-state index contributed by atoms with van der Waals surface area (Å²) in [5.74, 6) is 0.698. The Bertz CT molecular complexity index is 525. The predicted molar refractivity (Wildman–Crippen MR) is 108 cm³/mol. The lowest BCUT2D eigenvalue weighted by molar-refractivity contribution is -0.132. The van der Waals surface area contributed by atoms with Crippen LogP contribution in [0.4, 0.5) is 5.69 Å². The molecule has 0 radical (unpaired) electrons. The number of ether oxygens (including phenoxy) is 1. The zero-order chi connectivity index (χ0) is 18.5. The van der Waals surface area contributed by atoms with Gasteiger partial charge in [0.1, 0.15) is 0 Å². The zero-order valence-electron chi connectivity index (χ0n) is 17.2. The van der Waals surface area contributed by atoms with Crippen LogP contribution in [0.2, 0.25) is 0 Å². The number of benzene rings is 1. The normalized spacial score (nSPS) is 26.8. The molecule has 1 saturated heterocycles. The summed E-state index contributed by atoms with van der Waals surface area (Å²) in [6.45, 7) is 12.3. The highest BCUT2D eigenvalue weighted by molar-refractivity contribution is 5.45. The standard InChI is InChI=1S/C22H38N2O/c1-7-21(4)17-22(18(2)3,13-15-25-21)12-14-23-16-19-8-10-20(11-9-19)24(5)6/h8-11,18,23H,7,12-17H2,1-6H3/t21-,22+/m0/s1. The summed E-state index contributed by atoms with van der Waals surface area (Å²) in [6, 6.07) is 8.84. The van der Waals surface area contributed by atoms with Crippen LogP contribution < -0.4 is 10.2 Å². The number of anilines is 1. The highest BCUT2D eigenvalue weighted by atomic mass is 16.5. The van der Waals surface area contributed by atoms with Crippen LogP contribution in [0.1, 0.15) is 58.9 Å². The summed E-state index contributed by atoms with van der Waals surface area (Å²) in [7, 11) is 4.16. The molecule has 1 aromatic rings. The van der Waals surface area contributed by atoms with E-state index in [1.54, 1.807) is 0 Å². The Balaban J connectivity index is 1.87. The van der Waals surface area contributed by atoms with E-state index in [1.165, 1.54) is 30.5 Å². The van der Waals surface area contributed by atoms with E-state index in [9.17, 15) is 0 Å². The van der Waals surface area contributed by atoms with Gasteiger partial charge in [-0.2, -0.15) is 0 Å². The fourth-order valence-corrected chi connectivity index (χ4v) is 4.09. The number of nitrogens with one attached hydrogen (secondary N) is 1. The first-order valence-corrected chi connectivity index (χ1v) is 9.91. The molecule has 1 heterocycles. The maximum Gasteiger partial charge on any atom is 0.0657 e. The van der Waals surface area contributed by atoms with Crippen LogP contribution >= 0.6 is 0 Å². The third-order valence-corrected chi connectivity index (χ3v) is 6.33. The van der Waals surface area contributed by atoms with Crippen LogP contribution in [-0.2, 0) is 11.3 Å². The van der Waals surface area contributed by atoms with Crippen molar-refractivity contribution in [3.63, 3.8) is 0 Å². The molecule has 1 fully saturated rings. The molecule has 0 bridgehead atoms. The lowest BCUT2D eigenvalue weighted by atomic mass is 9.64. The van der Waals surface area contributed by atoms with Crippen LogP contribution in [0.15, 0.2) is 24.3 Å². The molecule has 2 atom stereocenters. The van der Waals surface area contributed by atoms with Gasteiger partial charge >= 0.3 is 0 Å². The summed E-state index contributed by atoms with van der Waals surface area (Å²) in [5.41, 5.74) is 3.08. The van der Waals surface area contributed by atoms with Gasteiger partial charge in [0.25, 0.3) is 0 Å². The minimum atomic E-state index is 0.0600. The fourth-order valence-electron chi connectivity index (χ4n) is 4.09. The van der Waals surface area contributed by atoms with Crippen molar-refractivity contribution in [3.05, 3.63) is 29.8 Å². The molecule has 25 heavy (non-hydrogen) atoms. The Morgan fingerprint density at radius 2 is 1.88 bits per heavy atom. The molecule has 3 nitrogen and oxygen atoms in total.